The van der Waals surface area contributed by atoms with Crippen LogP contribution in [0.3, 0.4) is 0 Å². The SMILES string of the molecule is Cc1c(CNC(C)C(C)(C)O)cnn1C. The van der Waals surface area contributed by atoms with Crippen LogP contribution < -0.4 is 5.32 Å². The fourth-order valence-corrected chi connectivity index (χ4v) is 1.23. The summed E-state index contributed by atoms with van der Waals surface area (Å²) in [4.78, 5) is 0. The maximum absolute atomic E-state index is 9.76. The number of aryl methyl sites for hydroxylation is 1. The topological polar surface area (TPSA) is 50.1 Å². The van der Waals surface area contributed by atoms with Crippen molar-refractivity contribution in [3.8, 4) is 0 Å². The lowest BCUT2D eigenvalue weighted by atomic mass is 10.0. The van der Waals surface area contributed by atoms with Gasteiger partial charge >= 0.3 is 0 Å². The maximum Gasteiger partial charge on any atom is 0.0741 e. The van der Waals surface area contributed by atoms with Crippen LogP contribution in [-0.2, 0) is 13.6 Å². The van der Waals surface area contributed by atoms with E-state index in [9.17, 15) is 5.11 Å². The zero-order valence-corrected chi connectivity index (χ0v) is 10.2. The summed E-state index contributed by atoms with van der Waals surface area (Å²) in [7, 11) is 1.93. The molecule has 1 unspecified atom stereocenters. The molecule has 1 aromatic heterocycles. The molecule has 0 amide bonds. The van der Waals surface area contributed by atoms with Crippen molar-refractivity contribution >= 4 is 0 Å². The number of hydrogen-bond donors (Lipinski definition) is 2. The molecule has 0 aliphatic heterocycles. The lowest BCUT2D eigenvalue weighted by molar-refractivity contribution is 0.0437. The van der Waals surface area contributed by atoms with E-state index in [2.05, 4.69) is 10.4 Å². The lowest BCUT2D eigenvalue weighted by Crippen LogP contribution is -2.44. The molecule has 0 saturated carbocycles. The van der Waals surface area contributed by atoms with Crippen LogP contribution in [0.4, 0.5) is 0 Å². The van der Waals surface area contributed by atoms with Gasteiger partial charge in [0, 0.05) is 30.9 Å². The average molecular weight is 211 g/mol. The summed E-state index contributed by atoms with van der Waals surface area (Å²) in [5, 5.41) is 17.2. The van der Waals surface area contributed by atoms with Crippen LogP contribution in [0.15, 0.2) is 6.20 Å². The van der Waals surface area contributed by atoms with E-state index < -0.39 is 5.60 Å². The Hall–Kier alpha value is -0.870. The highest BCUT2D eigenvalue weighted by atomic mass is 16.3. The highest BCUT2D eigenvalue weighted by Crippen LogP contribution is 2.10. The Labute approximate surface area is 91.3 Å². The van der Waals surface area contributed by atoms with Crippen LogP contribution in [0.5, 0.6) is 0 Å². The molecule has 0 aromatic carbocycles. The molecule has 4 nitrogen and oxygen atoms in total. The summed E-state index contributed by atoms with van der Waals surface area (Å²) in [5.41, 5.74) is 1.63. The van der Waals surface area contributed by atoms with Gasteiger partial charge in [0.05, 0.1) is 11.8 Å². The van der Waals surface area contributed by atoms with Gasteiger partial charge in [-0.2, -0.15) is 5.10 Å². The van der Waals surface area contributed by atoms with E-state index in [1.807, 2.05) is 31.8 Å². The summed E-state index contributed by atoms with van der Waals surface area (Å²) in [6.07, 6.45) is 1.86. The van der Waals surface area contributed by atoms with Gasteiger partial charge in [-0.3, -0.25) is 4.68 Å². The number of aromatic nitrogens is 2. The van der Waals surface area contributed by atoms with E-state index in [0.29, 0.717) is 0 Å². The molecule has 1 atom stereocenters. The maximum atomic E-state index is 9.76. The highest BCUT2D eigenvalue weighted by molar-refractivity contribution is 5.15. The van der Waals surface area contributed by atoms with Crippen molar-refractivity contribution in [2.24, 2.45) is 7.05 Å². The molecule has 0 aliphatic carbocycles. The van der Waals surface area contributed by atoms with Crippen molar-refractivity contribution in [3.63, 3.8) is 0 Å². The first-order valence-corrected chi connectivity index (χ1v) is 5.25. The third-order valence-electron chi connectivity index (χ3n) is 3.00. The Kier molecular flexibility index (Phi) is 3.52. The Morgan fingerprint density at radius 1 is 1.60 bits per heavy atom. The minimum atomic E-state index is -0.698. The van der Waals surface area contributed by atoms with Crippen molar-refractivity contribution in [1.82, 2.24) is 15.1 Å². The van der Waals surface area contributed by atoms with Crippen molar-refractivity contribution in [3.05, 3.63) is 17.5 Å². The molecule has 4 heteroatoms. The molecule has 0 spiro atoms. The molecular weight excluding hydrogens is 190 g/mol. The zero-order valence-electron chi connectivity index (χ0n) is 10.2. The molecule has 0 saturated heterocycles. The van der Waals surface area contributed by atoms with Gasteiger partial charge in [0.2, 0.25) is 0 Å². The van der Waals surface area contributed by atoms with Crippen molar-refractivity contribution in [2.45, 2.75) is 45.9 Å². The summed E-state index contributed by atoms with van der Waals surface area (Å²) in [6.45, 7) is 8.37. The van der Waals surface area contributed by atoms with Crippen molar-refractivity contribution < 1.29 is 5.11 Å². The van der Waals surface area contributed by atoms with Crippen LogP contribution in [-0.4, -0.2) is 26.5 Å². The molecule has 86 valence electrons. The minimum Gasteiger partial charge on any atom is -0.389 e. The van der Waals surface area contributed by atoms with Crippen LogP contribution in [0, 0.1) is 6.92 Å². The second-order valence-electron chi connectivity index (χ2n) is 4.64. The fourth-order valence-electron chi connectivity index (χ4n) is 1.23. The molecule has 1 rings (SSSR count). The number of hydrogen-bond acceptors (Lipinski definition) is 3. The largest absolute Gasteiger partial charge is 0.389 e. The molecule has 0 bridgehead atoms. The fraction of sp³-hybridized carbons (Fsp3) is 0.727. The molecular formula is C11H21N3O. The van der Waals surface area contributed by atoms with Gasteiger partial charge in [-0.05, 0) is 27.7 Å². The number of rotatable bonds is 4. The standard InChI is InChI=1S/C11H21N3O/c1-8-10(7-13-14(8)5)6-12-9(2)11(3,4)15/h7,9,12,15H,6H2,1-5H3. The van der Waals surface area contributed by atoms with Crippen molar-refractivity contribution in [2.75, 3.05) is 0 Å². The molecule has 0 radical (unpaired) electrons. The van der Waals surface area contributed by atoms with Gasteiger partial charge < -0.3 is 10.4 Å². The summed E-state index contributed by atoms with van der Waals surface area (Å²) in [6, 6.07) is 0.0529. The first kappa shape index (κ1) is 12.2. The van der Waals surface area contributed by atoms with Crippen molar-refractivity contribution in [1.29, 1.82) is 0 Å². The van der Waals surface area contributed by atoms with E-state index in [-0.39, 0.29) is 6.04 Å². The van der Waals surface area contributed by atoms with Gasteiger partial charge in [-0.25, -0.2) is 0 Å². The number of nitrogens with zero attached hydrogens (tertiary/aromatic N) is 2. The van der Waals surface area contributed by atoms with E-state index in [4.69, 9.17) is 0 Å². The Bertz CT molecular complexity index is 325. The third-order valence-corrected chi connectivity index (χ3v) is 3.00. The minimum absolute atomic E-state index is 0.0529. The van der Waals surface area contributed by atoms with Gasteiger partial charge in [0.25, 0.3) is 0 Å². The zero-order chi connectivity index (χ0) is 11.6. The average Bonchev–Trinajstić information content (AvgIpc) is 2.43. The molecule has 0 aliphatic rings. The van der Waals surface area contributed by atoms with E-state index in [1.165, 1.54) is 5.56 Å². The van der Waals surface area contributed by atoms with Crippen LogP contribution in [0.2, 0.25) is 0 Å². The van der Waals surface area contributed by atoms with Crippen LogP contribution in [0.1, 0.15) is 32.0 Å². The second-order valence-corrected chi connectivity index (χ2v) is 4.64. The van der Waals surface area contributed by atoms with Gasteiger partial charge in [-0.15, -0.1) is 0 Å². The quantitative estimate of drug-likeness (QED) is 0.780. The Balaban J connectivity index is 2.55. The molecule has 2 N–H and O–H groups in total. The predicted molar refractivity (Wildman–Crippen MR) is 60.5 cm³/mol. The number of aliphatic hydroxyl groups is 1. The summed E-state index contributed by atoms with van der Waals surface area (Å²) < 4.78 is 1.85. The second kappa shape index (κ2) is 4.33. The Morgan fingerprint density at radius 3 is 2.60 bits per heavy atom. The number of nitrogens with one attached hydrogen (secondary N) is 1. The van der Waals surface area contributed by atoms with Crippen LogP contribution in [0.25, 0.3) is 0 Å². The normalized spacial score (nSPS) is 14.3. The first-order valence-electron chi connectivity index (χ1n) is 5.25. The molecule has 0 fully saturated rings. The van der Waals surface area contributed by atoms with Crippen LogP contribution >= 0.6 is 0 Å². The summed E-state index contributed by atoms with van der Waals surface area (Å²) in [5.74, 6) is 0. The van der Waals surface area contributed by atoms with Gasteiger partial charge in [-0.1, -0.05) is 0 Å². The molecule has 1 heterocycles. The lowest BCUT2D eigenvalue weighted by Gasteiger charge is -2.26. The predicted octanol–water partition coefficient (Wildman–Crippen LogP) is 0.978. The smallest absolute Gasteiger partial charge is 0.0741 e. The molecule has 1 aromatic rings. The Morgan fingerprint density at radius 2 is 2.20 bits per heavy atom. The van der Waals surface area contributed by atoms with Gasteiger partial charge in [0.15, 0.2) is 0 Å². The molecule has 15 heavy (non-hydrogen) atoms. The van der Waals surface area contributed by atoms with E-state index in [0.717, 1.165) is 12.2 Å². The van der Waals surface area contributed by atoms with Gasteiger partial charge in [0.1, 0.15) is 0 Å². The van der Waals surface area contributed by atoms with E-state index in [1.54, 1.807) is 13.8 Å². The van der Waals surface area contributed by atoms with E-state index >= 15 is 0 Å². The first-order chi connectivity index (χ1) is 6.82. The third kappa shape index (κ3) is 3.04. The summed E-state index contributed by atoms with van der Waals surface area (Å²) >= 11 is 0. The highest BCUT2D eigenvalue weighted by Gasteiger charge is 2.21. The monoisotopic (exact) mass is 211 g/mol.